The zero-order valence-electron chi connectivity index (χ0n) is 18.8. The Balaban J connectivity index is 1.61. The van der Waals surface area contributed by atoms with Gasteiger partial charge in [0.2, 0.25) is 0 Å². The van der Waals surface area contributed by atoms with Crippen molar-refractivity contribution >= 4 is 11.7 Å². The van der Waals surface area contributed by atoms with Gasteiger partial charge in [-0.2, -0.15) is 13.2 Å². The first kappa shape index (κ1) is 23.8. The van der Waals surface area contributed by atoms with E-state index in [4.69, 9.17) is 0 Å². The molecule has 2 unspecified atom stereocenters. The van der Waals surface area contributed by atoms with E-state index in [0.29, 0.717) is 18.7 Å². The second-order valence-electron chi connectivity index (χ2n) is 8.96. The van der Waals surface area contributed by atoms with Crippen molar-refractivity contribution in [3.8, 4) is 0 Å². The highest BCUT2D eigenvalue weighted by Gasteiger charge is 2.48. The summed E-state index contributed by atoms with van der Waals surface area (Å²) < 4.78 is 39.3. The van der Waals surface area contributed by atoms with E-state index >= 15 is 0 Å². The summed E-state index contributed by atoms with van der Waals surface area (Å²) in [6, 6.07) is 22.8. The van der Waals surface area contributed by atoms with E-state index in [2.05, 4.69) is 10.2 Å². The first-order chi connectivity index (χ1) is 16.2. The second-order valence-corrected chi connectivity index (χ2v) is 8.96. The van der Waals surface area contributed by atoms with Crippen molar-refractivity contribution in [2.45, 2.75) is 44.1 Å². The number of anilines is 1. The molecule has 0 amide bonds. The van der Waals surface area contributed by atoms with Crippen LogP contribution in [0.2, 0.25) is 0 Å². The SMILES string of the molecule is CC1(CC(=O)O)c2ccccc2N(Cc2ccccc2)C1CNCc1cccc(C(F)(F)F)c1. The minimum Gasteiger partial charge on any atom is -0.481 e. The molecular formula is C27H27F3N2O2. The van der Waals surface area contributed by atoms with Gasteiger partial charge in [-0.25, -0.2) is 0 Å². The smallest absolute Gasteiger partial charge is 0.416 e. The summed E-state index contributed by atoms with van der Waals surface area (Å²) in [4.78, 5) is 14.1. The van der Waals surface area contributed by atoms with Gasteiger partial charge in [-0.1, -0.05) is 73.7 Å². The van der Waals surface area contributed by atoms with Gasteiger partial charge in [0.25, 0.3) is 0 Å². The molecule has 2 N–H and O–H groups in total. The number of alkyl halides is 3. The molecule has 7 heteroatoms. The van der Waals surface area contributed by atoms with Crippen LogP contribution in [-0.4, -0.2) is 23.7 Å². The lowest BCUT2D eigenvalue weighted by molar-refractivity contribution is -0.139. The number of carboxylic acids is 1. The van der Waals surface area contributed by atoms with Crippen molar-refractivity contribution < 1.29 is 23.1 Å². The van der Waals surface area contributed by atoms with Crippen LogP contribution < -0.4 is 10.2 Å². The zero-order valence-corrected chi connectivity index (χ0v) is 18.8. The summed E-state index contributed by atoms with van der Waals surface area (Å²) in [7, 11) is 0. The Kier molecular flexibility index (Phi) is 6.66. The van der Waals surface area contributed by atoms with Crippen LogP contribution in [0.25, 0.3) is 0 Å². The van der Waals surface area contributed by atoms with Crippen LogP contribution in [-0.2, 0) is 29.5 Å². The molecule has 4 rings (SSSR count). The summed E-state index contributed by atoms with van der Waals surface area (Å²) in [5, 5.41) is 13.0. The third-order valence-electron chi connectivity index (χ3n) is 6.58. The van der Waals surface area contributed by atoms with Crippen molar-refractivity contribution in [3.63, 3.8) is 0 Å². The normalized spacial score (nSPS) is 19.8. The van der Waals surface area contributed by atoms with Gasteiger partial charge in [-0.05, 0) is 28.8 Å². The second kappa shape index (κ2) is 9.50. The molecule has 0 spiro atoms. The molecule has 0 radical (unpaired) electrons. The van der Waals surface area contributed by atoms with Crippen molar-refractivity contribution in [2.24, 2.45) is 0 Å². The number of fused-ring (bicyclic) bond motifs is 1. The molecule has 1 aliphatic heterocycles. The Bertz CT molecular complexity index is 1150. The average molecular weight is 469 g/mol. The van der Waals surface area contributed by atoms with Crippen LogP contribution in [0.5, 0.6) is 0 Å². The molecule has 4 nitrogen and oxygen atoms in total. The van der Waals surface area contributed by atoms with Gasteiger partial charge < -0.3 is 15.3 Å². The topological polar surface area (TPSA) is 52.6 Å². The third kappa shape index (κ3) is 4.94. The van der Waals surface area contributed by atoms with E-state index in [-0.39, 0.29) is 19.0 Å². The van der Waals surface area contributed by atoms with Crippen LogP contribution in [0.3, 0.4) is 0 Å². The number of aliphatic carboxylic acids is 1. The summed E-state index contributed by atoms with van der Waals surface area (Å²) >= 11 is 0. The number of hydrogen-bond donors (Lipinski definition) is 2. The number of nitrogens with one attached hydrogen (secondary N) is 1. The maximum atomic E-state index is 13.1. The number of rotatable bonds is 8. The highest BCUT2D eigenvalue weighted by Crippen LogP contribution is 2.47. The molecule has 2 atom stereocenters. The highest BCUT2D eigenvalue weighted by molar-refractivity contribution is 5.74. The van der Waals surface area contributed by atoms with Gasteiger partial charge in [0.05, 0.1) is 18.0 Å². The van der Waals surface area contributed by atoms with E-state index < -0.39 is 23.1 Å². The predicted octanol–water partition coefficient (Wildman–Crippen LogP) is 5.62. The lowest BCUT2D eigenvalue weighted by atomic mass is 9.75. The molecule has 0 aliphatic carbocycles. The van der Waals surface area contributed by atoms with E-state index in [0.717, 1.165) is 28.9 Å². The minimum absolute atomic E-state index is 0.0504. The van der Waals surface area contributed by atoms with Crippen molar-refractivity contribution in [2.75, 3.05) is 11.4 Å². The van der Waals surface area contributed by atoms with Crippen molar-refractivity contribution in [1.82, 2.24) is 5.32 Å². The van der Waals surface area contributed by atoms with Gasteiger partial charge in [-0.3, -0.25) is 4.79 Å². The molecule has 3 aromatic rings. The monoisotopic (exact) mass is 468 g/mol. The summed E-state index contributed by atoms with van der Waals surface area (Å²) in [5.74, 6) is -0.887. The molecule has 1 heterocycles. The van der Waals surface area contributed by atoms with Crippen LogP contribution in [0, 0.1) is 0 Å². The molecule has 0 bridgehead atoms. The molecule has 0 aromatic heterocycles. The van der Waals surface area contributed by atoms with Gasteiger partial charge in [0, 0.05) is 30.7 Å². The van der Waals surface area contributed by atoms with Crippen LogP contribution >= 0.6 is 0 Å². The minimum atomic E-state index is -4.39. The van der Waals surface area contributed by atoms with Gasteiger partial charge in [0.15, 0.2) is 0 Å². The first-order valence-corrected chi connectivity index (χ1v) is 11.2. The van der Waals surface area contributed by atoms with E-state index in [1.54, 1.807) is 6.07 Å². The molecule has 1 aliphatic rings. The Hall–Kier alpha value is -3.32. The number of carbonyl (C=O) groups is 1. The molecule has 3 aromatic carbocycles. The van der Waals surface area contributed by atoms with Crippen LogP contribution in [0.1, 0.15) is 35.6 Å². The maximum Gasteiger partial charge on any atom is 0.416 e. The number of hydrogen-bond acceptors (Lipinski definition) is 3. The van der Waals surface area contributed by atoms with Crippen molar-refractivity contribution in [1.29, 1.82) is 0 Å². The fourth-order valence-electron chi connectivity index (χ4n) is 4.95. The summed E-state index contributed by atoms with van der Waals surface area (Å²) in [5.41, 5.74) is 2.24. The maximum absolute atomic E-state index is 13.1. The summed E-state index contributed by atoms with van der Waals surface area (Å²) in [6.45, 7) is 3.23. The van der Waals surface area contributed by atoms with Crippen molar-refractivity contribution in [3.05, 3.63) is 101 Å². The van der Waals surface area contributed by atoms with E-state index in [1.807, 2.05) is 61.5 Å². The lowest BCUT2D eigenvalue weighted by Gasteiger charge is -2.36. The number of halogens is 3. The average Bonchev–Trinajstić information content (AvgIpc) is 3.01. The summed E-state index contributed by atoms with van der Waals surface area (Å²) in [6.07, 6.45) is -4.44. The number of para-hydroxylation sites is 1. The highest BCUT2D eigenvalue weighted by atomic mass is 19.4. The van der Waals surface area contributed by atoms with Gasteiger partial charge in [-0.15, -0.1) is 0 Å². The Morgan fingerprint density at radius 2 is 1.68 bits per heavy atom. The largest absolute Gasteiger partial charge is 0.481 e. The fourth-order valence-corrected chi connectivity index (χ4v) is 4.95. The Morgan fingerprint density at radius 1 is 1.00 bits per heavy atom. The quantitative estimate of drug-likeness (QED) is 0.451. The van der Waals surface area contributed by atoms with E-state index in [1.165, 1.54) is 6.07 Å². The third-order valence-corrected chi connectivity index (χ3v) is 6.58. The number of benzene rings is 3. The molecular weight excluding hydrogens is 441 g/mol. The van der Waals surface area contributed by atoms with Crippen LogP contribution in [0.4, 0.5) is 18.9 Å². The first-order valence-electron chi connectivity index (χ1n) is 11.2. The molecule has 0 saturated heterocycles. The molecule has 178 valence electrons. The predicted molar refractivity (Wildman–Crippen MR) is 126 cm³/mol. The number of carboxylic acid groups (broad SMARTS) is 1. The van der Waals surface area contributed by atoms with E-state index in [9.17, 15) is 23.1 Å². The fraction of sp³-hybridized carbons (Fsp3) is 0.296. The van der Waals surface area contributed by atoms with Crippen LogP contribution in [0.15, 0.2) is 78.9 Å². The molecule has 34 heavy (non-hydrogen) atoms. The molecule has 0 saturated carbocycles. The standard InChI is InChI=1S/C27H27F3N2O2/c1-26(15-25(33)34)22-12-5-6-13-23(22)32(18-19-8-3-2-4-9-19)24(26)17-31-16-20-10-7-11-21(14-20)27(28,29)30/h2-14,24,31H,15-18H2,1H3,(H,33,34). The number of nitrogens with zero attached hydrogens (tertiary/aromatic N) is 1. The zero-order chi connectivity index (χ0) is 24.3. The van der Waals surface area contributed by atoms with Gasteiger partial charge in [0.1, 0.15) is 0 Å². The van der Waals surface area contributed by atoms with Gasteiger partial charge >= 0.3 is 12.1 Å². The lowest BCUT2D eigenvalue weighted by Crippen LogP contribution is -2.50. The Labute approximate surface area is 197 Å². The molecule has 0 fully saturated rings. The Morgan fingerprint density at radius 3 is 2.38 bits per heavy atom.